The first-order valence-corrected chi connectivity index (χ1v) is 9.30. The summed E-state index contributed by atoms with van der Waals surface area (Å²) in [6, 6.07) is 0. The van der Waals surface area contributed by atoms with E-state index in [1.807, 2.05) is 13.1 Å². The summed E-state index contributed by atoms with van der Waals surface area (Å²) in [5, 5.41) is 9.46. The standard InChI is InChI=1S/C14H25N3O3S/c1-2-17-10-13(9-16-17)20-11-14(12-21(15,18)19)7-5-3-4-6-8-14/h9-10H,2-8,11-12H2,1H3,(H2,15,18,19). The van der Waals surface area contributed by atoms with Crippen molar-refractivity contribution in [2.75, 3.05) is 12.4 Å². The minimum atomic E-state index is -3.50. The molecule has 120 valence electrons. The number of nitrogens with zero attached hydrogens (tertiary/aromatic N) is 2. The molecule has 1 heterocycles. The number of aromatic nitrogens is 2. The van der Waals surface area contributed by atoms with Gasteiger partial charge in [-0.1, -0.05) is 25.7 Å². The minimum absolute atomic E-state index is 0.00190. The van der Waals surface area contributed by atoms with Crippen LogP contribution in [0.1, 0.15) is 45.4 Å². The Hall–Kier alpha value is -1.08. The third-order valence-corrected chi connectivity index (χ3v) is 5.16. The summed E-state index contributed by atoms with van der Waals surface area (Å²) in [5.74, 6) is 0.692. The highest BCUT2D eigenvalue weighted by Crippen LogP contribution is 2.36. The van der Waals surface area contributed by atoms with E-state index in [0.29, 0.717) is 12.4 Å². The molecule has 21 heavy (non-hydrogen) atoms. The molecule has 2 rings (SSSR count). The highest BCUT2D eigenvalue weighted by atomic mass is 32.2. The van der Waals surface area contributed by atoms with E-state index in [-0.39, 0.29) is 11.2 Å². The Bertz CT molecular complexity index is 546. The highest BCUT2D eigenvalue weighted by Gasteiger charge is 2.35. The molecular formula is C14H25N3O3S. The van der Waals surface area contributed by atoms with Gasteiger partial charge in [0.25, 0.3) is 0 Å². The maximum atomic E-state index is 11.6. The van der Waals surface area contributed by atoms with Crippen molar-refractivity contribution in [1.29, 1.82) is 0 Å². The first-order chi connectivity index (χ1) is 9.92. The number of sulfonamides is 1. The maximum absolute atomic E-state index is 11.6. The minimum Gasteiger partial charge on any atom is -0.490 e. The smallest absolute Gasteiger partial charge is 0.209 e. The number of hydrogen-bond donors (Lipinski definition) is 1. The van der Waals surface area contributed by atoms with E-state index in [2.05, 4.69) is 5.10 Å². The lowest BCUT2D eigenvalue weighted by Gasteiger charge is -2.31. The second-order valence-corrected chi connectivity index (χ2v) is 7.66. The van der Waals surface area contributed by atoms with E-state index < -0.39 is 10.0 Å². The third kappa shape index (κ3) is 5.00. The summed E-state index contributed by atoms with van der Waals surface area (Å²) in [4.78, 5) is 0. The largest absolute Gasteiger partial charge is 0.490 e. The third-order valence-electron chi connectivity index (χ3n) is 4.15. The van der Waals surface area contributed by atoms with Crippen LogP contribution in [-0.4, -0.2) is 30.6 Å². The van der Waals surface area contributed by atoms with Gasteiger partial charge in [-0.15, -0.1) is 0 Å². The first kappa shape index (κ1) is 16.3. The van der Waals surface area contributed by atoms with Crippen LogP contribution < -0.4 is 9.88 Å². The molecule has 1 aromatic rings. The van der Waals surface area contributed by atoms with Crippen LogP contribution in [0.4, 0.5) is 0 Å². The quantitative estimate of drug-likeness (QED) is 0.812. The molecule has 0 atom stereocenters. The molecule has 1 aliphatic rings. The molecule has 0 spiro atoms. The van der Waals surface area contributed by atoms with Gasteiger partial charge in [0, 0.05) is 12.0 Å². The van der Waals surface area contributed by atoms with Crippen LogP contribution in [0.15, 0.2) is 12.4 Å². The second kappa shape index (κ2) is 6.79. The fraction of sp³-hybridized carbons (Fsp3) is 0.786. The van der Waals surface area contributed by atoms with Crippen LogP contribution in [-0.2, 0) is 16.6 Å². The van der Waals surface area contributed by atoms with Crippen molar-refractivity contribution in [3.63, 3.8) is 0 Å². The van der Waals surface area contributed by atoms with Crippen molar-refractivity contribution in [3.05, 3.63) is 12.4 Å². The molecule has 7 heteroatoms. The second-order valence-electron chi connectivity index (χ2n) is 6.04. The Kier molecular flexibility index (Phi) is 5.27. The van der Waals surface area contributed by atoms with E-state index in [1.165, 1.54) is 0 Å². The zero-order valence-electron chi connectivity index (χ0n) is 12.6. The summed E-state index contributed by atoms with van der Waals surface area (Å²) < 4.78 is 30.8. The van der Waals surface area contributed by atoms with Crippen molar-refractivity contribution in [2.45, 2.75) is 52.0 Å². The predicted molar refractivity (Wildman–Crippen MR) is 81.5 cm³/mol. The fourth-order valence-electron chi connectivity index (χ4n) is 3.06. The summed E-state index contributed by atoms with van der Waals surface area (Å²) >= 11 is 0. The van der Waals surface area contributed by atoms with E-state index in [9.17, 15) is 8.42 Å². The van der Waals surface area contributed by atoms with E-state index >= 15 is 0 Å². The molecule has 0 saturated heterocycles. The van der Waals surface area contributed by atoms with Gasteiger partial charge in [0.15, 0.2) is 5.75 Å². The molecule has 0 unspecified atom stereocenters. The molecule has 1 fully saturated rings. The molecule has 1 saturated carbocycles. The molecule has 6 nitrogen and oxygen atoms in total. The normalized spacial score (nSPS) is 19.1. The summed E-state index contributed by atoms with van der Waals surface area (Å²) in [7, 11) is -3.50. The van der Waals surface area contributed by atoms with Gasteiger partial charge in [0.2, 0.25) is 10.0 Å². The average molecular weight is 315 g/mol. The number of rotatable bonds is 6. The van der Waals surface area contributed by atoms with Gasteiger partial charge in [0.05, 0.1) is 24.8 Å². The van der Waals surface area contributed by atoms with E-state index in [0.717, 1.165) is 45.1 Å². The number of hydrogen-bond acceptors (Lipinski definition) is 4. The number of primary sulfonamides is 1. The van der Waals surface area contributed by atoms with Crippen molar-refractivity contribution >= 4 is 10.0 Å². The summed E-state index contributed by atoms with van der Waals surface area (Å²) in [6.07, 6.45) is 9.59. The zero-order chi connectivity index (χ0) is 15.3. The fourth-order valence-corrected chi connectivity index (χ4v) is 4.29. The Morgan fingerprint density at radius 2 is 2.00 bits per heavy atom. The number of ether oxygens (including phenoxy) is 1. The molecule has 0 amide bonds. The molecule has 0 aromatic carbocycles. The molecule has 2 N–H and O–H groups in total. The molecular weight excluding hydrogens is 290 g/mol. The first-order valence-electron chi connectivity index (χ1n) is 7.58. The molecule has 1 aliphatic carbocycles. The maximum Gasteiger partial charge on any atom is 0.209 e. The monoisotopic (exact) mass is 315 g/mol. The molecule has 0 aliphatic heterocycles. The Labute approximate surface area is 126 Å². The molecule has 0 bridgehead atoms. The van der Waals surface area contributed by atoms with Crippen LogP contribution in [0.3, 0.4) is 0 Å². The topological polar surface area (TPSA) is 87.2 Å². The van der Waals surface area contributed by atoms with Crippen LogP contribution in [0.2, 0.25) is 0 Å². The van der Waals surface area contributed by atoms with E-state index in [1.54, 1.807) is 10.9 Å². The van der Waals surface area contributed by atoms with Gasteiger partial charge in [-0.05, 0) is 19.8 Å². The van der Waals surface area contributed by atoms with Crippen molar-refractivity contribution < 1.29 is 13.2 Å². The van der Waals surface area contributed by atoms with Gasteiger partial charge in [-0.2, -0.15) is 5.10 Å². The SMILES string of the molecule is CCn1cc(OCC2(CS(N)(=O)=O)CCCCCC2)cn1. The lowest BCUT2D eigenvalue weighted by atomic mass is 9.83. The lowest BCUT2D eigenvalue weighted by molar-refractivity contribution is 0.145. The molecule has 1 aromatic heterocycles. The predicted octanol–water partition coefficient (Wildman–Crippen LogP) is 1.91. The molecule has 0 radical (unpaired) electrons. The van der Waals surface area contributed by atoms with Gasteiger partial charge in [0.1, 0.15) is 0 Å². The van der Waals surface area contributed by atoms with Crippen molar-refractivity contribution in [2.24, 2.45) is 10.6 Å². The Morgan fingerprint density at radius 3 is 2.52 bits per heavy atom. The number of aryl methyl sites for hydroxylation is 1. The van der Waals surface area contributed by atoms with Gasteiger partial charge >= 0.3 is 0 Å². The van der Waals surface area contributed by atoms with Crippen LogP contribution in [0.25, 0.3) is 0 Å². The Morgan fingerprint density at radius 1 is 1.33 bits per heavy atom. The van der Waals surface area contributed by atoms with Crippen LogP contribution >= 0.6 is 0 Å². The van der Waals surface area contributed by atoms with Crippen LogP contribution in [0.5, 0.6) is 5.75 Å². The van der Waals surface area contributed by atoms with Gasteiger partial charge < -0.3 is 4.74 Å². The average Bonchev–Trinajstić information content (AvgIpc) is 2.75. The highest BCUT2D eigenvalue weighted by molar-refractivity contribution is 7.89. The van der Waals surface area contributed by atoms with Crippen molar-refractivity contribution in [3.8, 4) is 5.75 Å². The van der Waals surface area contributed by atoms with E-state index in [4.69, 9.17) is 9.88 Å². The van der Waals surface area contributed by atoms with Gasteiger partial charge in [-0.25, -0.2) is 13.6 Å². The van der Waals surface area contributed by atoms with Gasteiger partial charge in [-0.3, -0.25) is 4.68 Å². The van der Waals surface area contributed by atoms with Crippen molar-refractivity contribution in [1.82, 2.24) is 9.78 Å². The summed E-state index contributed by atoms with van der Waals surface area (Å²) in [5.41, 5.74) is -0.363. The summed E-state index contributed by atoms with van der Waals surface area (Å²) in [6.45, 7) is 3.18. The number of nitrogens with two attached hydrogens (primary N) is 1. The Balaban J connectivity index is 2.07. The lowest BCUT2D eigenvalue weighted by Crippen LogP contribution is -2.38. The zero-order valence-corrected chi connectivity index (χ0v) is 13.4. The van der Waals surface area contributed by atoms with Crippen LogP contribution in [0, 0.1) is 5.41 Å².